The van der Waals surface area contributed by atoms with Gasteiger partial charge in [-0.2, -0.15) is 0 Å². The number of benzene rings is 1. The molecular weight excluding hydrogens is 226 g/mol. The van der Waals surface area contributed by atoms with Gasteiger partial charge >= 0.3 is 5.97 Å². The highest BCUT2D eigenvalue weighted by Crippen LogP contribution is 2.19. The predicted octanol–water partition coefficient (Wildman–Crippen LogP) is 2.89. The molecule has 0 amide bonds. The molecular formula is C12H14ClNO2. The number of esters is 1. The number of nitrogen functional groups attached to an aromatic ring is 1. The van der Waals surface area contributed by atoms with Gasteiger partial charge in [0.25, 0.3) is 0 Å². The van der Waals surface area contributed by atoms with Gasteiger partial charge in [-0.15, -0.1) is 0 Å². The molecule has 2 N–H and O–H groups in total. The van der Waals surface area contributed by atoms with E-state index in [1.165, 1.54) is 0 Å². The summed E-state index contributed by atoms with van der Waals surface area (Å²) < 4.78 is 4.79. The molecule has 0 aliphatic rings. The van der Waals surface area contributed by atoms with Crippen LogP contribution in [0.5, 0.6) is 0 Å². The summed E-state index contributed by atoms with van der Waals surface area (Å²) in [6, 6.07) is 5.20. The van der Waals surface area contributed by atoms with Crippen LogP contribution in [0.3, 0.4) is 0 Å². The van der Waals surface area contributed by atoms with E-state index in [0.717, 1.165) is 5.56 Å². The fourth-order valence-electron chi connectivity index (χ4n) is 1.19. The summed E-state index contributed by atoms with van der Waals surface area (Å²) >= 11 is 5.83. The lowest BCUT2D eigenvalue weighted by Crippen LogP contribution is -2.01. The van der Waals surface area contributed by atoms with Crippen molar-refractivity contribution >= 4 is 29.3 Å². The summed E-state index contributed by atoms with van der Waals surface area (Å²) in [5.74, 6) is -0.251. The number of hydrogen-bond donors (Lipinski definition) is 1. The third-order valence-corrected chi connectivity index (χ3v) is 2.17. The average Bonchev–Trinajstić information content (AvgIpc) is 2.23. The van der Waals surface area contributed by atoms with E-state index in [9.17, 15) is 4.79 Å². The van der Waals surface area contributed by atoms with Crippen LogP contribution in [0.15, 0.2) is 24.3 Å². The van der Waals surface area contributed by atoms with Crippen molar-refractivity contribution in [1.82, 2.24) is 0 Å². The Labute approximate surface area is 99.8 Å². The van der Waals surface area contributed by atoms with E-state index in [-0.39, 0.29) is 12.4 Å². The van der Waals surface area contributed by atoms with Gasteiger partial charge in [0.1, 0.15) is 0 Å². The van der Waals surface area contributed by atoms with Crippen LogP contribution in [0.2, 0.25) is 5.02 Å². The molecule has 16 heavy (non-hydrogen) atoms. The van der Waals surface area contributed by atoms with Crippen LogP contribution in [-0.4, -0.2) is 12.6 Å². The molecule has 0 aromatic heterocycles. The first-order valence-corrected chi connectivity index (χ1v) is 5.38. The Morgan fingerprint density at radius 3 is 3.00 bits per heavy atom. The Balaban J connectivity index is 2.62. The molecule has 0 atom stereocenters. The molecule has 0 bridgehead atoms. The van der Waals surface area contributed by atoms with E-state index >= 15 is 0 Å². The second-order valence-electron chi connectivity index (χ2n) is 3.18. The van der Waals surface area contributed by atoms with E-state index < -0.39 is 0 Å². The summed E-state index contributed by atoms with van der Waals surface area (Å²) in [5.41, 5.74) is 7.17. The van der Waals surface area contributed by atoms with E-state index in [1.807, 2.05) is 0 Å². The zero-order chi connectivity index (χ0) is 12.0. The smallest absolute Gasteiger partial charge is 0.309 e. The highest BCUT2D eigenvalue weighted by molar-refractivity contribution is 6.30. The molecule has 0 saturated carbocycles. The topological polar surface area (TPSA) is 52.3 Å². The highest BCUT2D eigenvalue weighted by Gasteiger charge is 1.98. The second-order valence-corrected chi connectivity index (χ2v) is 3.62. The first-order valence-electron chi connectivity index (χ1n) is 5.00. The molecule has 1 aromatic rings. The van der Waals surface area contributed by atoms with Crippen LogP contribution in [0, 0.1) is 0 Å². The maximum absolute atomic E-state index is 11.1. The average molecular weight is 240 g/mol. The minimum absolute atomic E-state index is 0.236. The standard InChI is InChI=1S/C12H14ClNO2/c1-2-16-12(15)5-3-4-9-8-10(13)6-7-11(9)14/h3-4,6-8H,2,5,14H2,1H3. The summed E-state index contributed by atoms with van der Waals surface area (Å²) in [6.45, 7) is 2.17. The van der Waals surface area contributed by atoms with E-state index in [0.29, 0.717) is 17.3 Å². The third-order valence-electron chi connectivity index (χ3n) is 1.94. The summed E-state index contributed by atoms with van der Waals surface area (Å²) in [7, 11) is 0. The van der Waals surface area contributed by atoms with Crippen molar-refractivity contribution in [2.45, 2.75) is 13.3 Å². The molecule has 1 aromatic carbocycles. The van der Waals surface area contributed by atoms with Crippen molar-refractivity contribution in [1.29, 1.82) is 0 Å². The van der Waals surface area contributed by atoms with Crippen LogP contribution in [0.4, 0.5) is 5.69 Å². The fraction of sp³-hybridized carbons (Fsp3) is 0.250. The van der Waals surface area contributed by atoms with Gasteiger partial charge in [0.15, 0.2) is 0 Å². The van der Waals surface area contributed by atoms with E-state index in [1.54, 1.807) is 37.3 Å². The second kappa shape index (κ2) is 6.18. The zero-order valence-corrected chi connectivity index (χ0v) is 9.83. The Bertz CT molecular complexity index is 402. The van der Waals surface area contributed by atoms with Crippen molar-refractivity contribution in [3.8, 4) is 0 Å². The molecule has 0 aliphatic heterocycles. The Kier molecular flexibility index (Phi) is 4.86. The largest absolute Gasteiger partial charge is 0.466 e. The van der Waals surface area contributed by atoms with Crippen molar-refractivity contribution in [2.75, 3.05) is 12.3 Å². The Hall–Kier alpha value is -1.48. The third kappa shape index (κ3) is 3.95. The number of halogens is 1. The van der Waals surface area contributed by atoms with Crippen LogP contribution in [-0.2, 0) is 9.53 Å². The highest BCUT2D eigenvalue weighted by atomic mass is 35.5. The predicted molar refractivity (Wildman–Crippen MR) is 66.1 cm³/mol. The zero-order valence-electron chi connectivity index (χ0n) is 9.07. The molecule has 4 heteroatoms. The van der Waals surface area contributed by atoms with Crippen LogP contribution in [0.25, 0.3) is 6.08 Å². The van der Waals surface area contributed by atoms with Crippen molar-refractivity contribution in [2.24, 2.45) is 0 Å². The number of nitrogens with two attached hydrogens (primary N) is 1. The SMILES string of the molecule is CCOC(=O)CC=Cc1cc(Cl)ccc1N. The van der Waals surface area contributed by atoms with Gasteiger partial charge in [0.2, 0.25) is 0 Å². The van der Waals surface area contributed by atoms with Gasteiger partial charge in [-0.05, 0) is 30.7 Å². The minimum Gasteiger partial charge on any atom is -0.466 e. The number of ether oxygens (including phenoxy) is 1. The minimum atomic E-state index is -0.251. The maximum atomic E-state index is 11.1. The first kappa shape index (κ1) is 12.6. The van der Waals surface area contributed by atoms with Crippen molar-refractivity contribution < 1.29 is 9.53 Å². The lowest BCUT2D eigenvalue weighted by atomic mass is 10.1. The Morgan fingerprint density at radius 1 is 1.56 bits per heavy atom. The Morgan fingerprint density at radius 2 is 2.31 bits per heavy atom. The van der Waals surface area contributed by atoms with Crippen LogP contribution >= 0.6 is 11.6 Å². The van der Waals surface area contributed by atoms with Gasteiger partial charge in [0.05, 0.1) is 13.0 Å². The maximum Gasteiger partial charge on any atom is 0.309 e. The molecule has 0 radical (unpaired) electrons. The van der Waals surface area contributed by atoms with Gasteiger partial charge < -0.3 is 10.5 Å². The van der Waals surface area contributed by atoms with E-state index in [4.69, 9.17) is 22.1 Å². The fourth-order valence-corrected chi connectivity index (χ4v) is 1.37. The summed E-state index contributed by atoms with van der Waals surface area (Å²) in [5, 5.41) is 0.616. The van der Waals surface area contributed by atoms with Gasteiger partial charge in [0, 0.05) is 10.7 Å². The monoisotopic (exact) mass is 239 g/mol. The van der Waals surface area contributed by atoms with Crippen molar-refractivity contribution in [3.63, 3.8) is 0 Å². The molecule has 0 fully saturated rings. The van der Waals surface area contributed by atoms with Crippen molar-refractivity contribution in [3.05, 3.63) is 34.9 Å². The molecule has 0 saturated heterocycles. The first-order chi connectivity index (χ1) is 7.63. The quantitative estimate of drug-likeness (QED) is 0.649. The lowest BCUT2D eigenvalue weighted by Gasteiger charge is -2.00. The van der Waals surface area contributed by atoms with Gasteiger partial charge in [-0.3, -0.25) is 4.79 Å². The summed E-state index contributed by atoms with van der Waals surface area (Å²) in [4.78, 5) is 11.1. The molecule has 3 nitrogen and oxygen atoms in total. The van der Waals surface area contributed by atoms with Crippen LogP contribution in [0.1, 0.15) is 18.9 Å². The lowest BCUT2D eigenvalue weighted by molar-refractivity contribution is -0.142. The van der Waals surface area contributed by atoms with Crippen LogP contribution < -0.4 is 5.73 Å². The number of anilines is 1. The molecule has 0 unspecified atom stereocenters. The van der Waals surface area contributed by atoms with E-state index in [2.05, 4.69) is 0 Å². The molecule has 0 heterocycles. The number of carbonyl (C=O) groups is 1. The molecule has 0 spiro atoms. The number of hydrogen-bond acceptors (Lipinski definition) is 3. The molecule has 86 valence electrons. The normalized spacial score (nSPS) is 10.6. The van der Waals surface area contributed by atoms with Gasteiger partial charge in [-0.25, -0.2) is 0 Å². The molecule has 0 aliphatic carbocycles. The molecule has 1 rings (SSSR count). The number of rotatable bonds is 4. The summed E-state index contributed by atoms with van der Waals surface area (Å²) in [6.07, 6.45) is 3.71. The van der Waals surface area contributed by atoms with Gasteiger partial charge in [-0.1, -0.05) is 23.8 Å². The number of carbonyl (C=O) groups excluding carboxylic acids is 1.